The number of piperidine rings is 1. The quantitative estimate of drug-likeness (QED) is 0.881. The second-order valence-electron chi connectivity index (χ2n) is 8.68. The molecule has 28 heavy (non-hydrogen) atoms. The lowest BCUT2D eigenvalue weighted by Gasteiger charge is -2.43. The van der Waals surface area contributed by atoms with Gasteiger partial charge in [-0.15, -0.1) is 0 Å². The van der Waals surface area contributed by atoms with E-state index >= 15 is 0 Å². The molecule has 0 aromatic carbocycles. The summed E-state index contributed by atoms with van der Waals surface area (Å²) in [4.78, 5) is 22.3. The molecular formula is C22H28N4O2. The molecule has 2 saturated heterocycles. The van der Waals surface area contributed by atoms with Gasteiger partial charge in [-0.2, -0.15) is 0 Å². The van der Waals surface area contributed by atoms with Gasteiger partial charge in [0.15, 0.2) is 0 Å². The number of hydrogen-bond donors (Lipinski definition) is 1. The molecule has 2 aromatic rings. The molecule has 0 radical (unpaired) electrons. The molecule has 148 valence electrons. The lowest BCUT2D eigenvalue weighted by Crippen LogP contribution is -2.47. The van der Waals surface area contributed by atoms with Crippen LogP contribution in [0.5, 0.6) is 5.75 Å². The SMILES string of the molecule is O=c1c(CN2CCCC2)ccc2n1C[C@H]1C[C@@H]2CN(Cc2ccc(O)cn2)C1. The van der Waals surface area contributed by atoms with Gasteiger partial charge in [0.2, 0.25) is 0 Å². The maximum atomic E-state index is 13.1. The van der Waals surface area contributed by atoms with Crippen LogP contribution in [0.3, 0.4) is 0 Å². The van der Waals surface area contributed by atoms with Gasteiger partial charge in [-0.3, -0.25) is 19.6 Å². The number of pyridine rings is 2. The lowest BCUT2D eigenvalue weighted by atomic mass is 9.83. The number of likely N-dealkylation sites (tertiary alicyclic amines) is 2. The topological polar surface area (TPSA) is 61.6 Å². The minimum Gasteiger partial charge on any atom is -0.506 e. The molecule has 0 saturated carbocycles. The molecule has 2 bridgehead atoms. The number of hydrogen-bond acceptors (Lipinski definition) is 5. The first-order chi connectivity index (χ1) is 13.7. The summed E-state index contributed by atoms with van der Waals surface area (Å²) in [7, 11) is 0. The fourth-order valence-corrected chi connectivity index (χ4v) is 5.26. The molecule has 0 amide bonds. The van der Waals surface area contributed by atoms with E-state index in [2.05, 4.69) is 31.5 Å². The van der Waals surface area contributed by atoms with E-state index in [0.717, 1.165) is 57.1 Å². The summed E-state index contributed by atoms with van der Waals surface area (Å²) < 4.78 is 2.07. The van der Waals surface area contributed by atoms with Crippen molar-refractivity contribution in [1.29, 1.82) is 0 Å². The third-order valence-electron chi connectivity index (χ3n) is 6.55. The van der Waals surface area contributed by atoms with Crippen LogP contribution in [-0.2, 0) is 19.6 Å². The first-order valence-corrected chi connectivity index (χ1v) is 10.5. The van der Waals surface area contributed by atoms with Crippen LogP contribution >= 0.6 is 0 Å². The van der Waals surface area contributed by atoms with E-state index in [9.17, 15) is 9.90 Å². The van der Waals surface area contributed by atoms with Crippen molar-refractivity contribution in [3.63, 3.8) is 0 Å². The summed E-state index contributed by atoms with van der Waals surface area (Å²) in [5.74, 6) is 1.14. The molecule has 3 aliphatic rings. The first-order valence-electron chi connectivity index (χ1n) is 10.5. The van der Waals surface area contributed by atoms with E-state index in [-0.39, 0.29) is 11.3 Å². The Morgan fingerprint density at radius 2 is 1.86 bits per heavy atom. The van der Waals surface area contributed by atoms with E-state index in [0.29, 0.717) is 11.8 Å². The summed E-state index contributed by atoms with van der Waals surface area (Å²) in [5.41, 5.74) is 3.37. The number of fused-ring (bicyclic) bond motifs is 4. The van der Waals surface area contributed by atoms with Crippen LogP contribution in [0.1, 0.15) is 42.1 Å². The Morgan fingerprint density at radius 1 is 1.00 bits per heavy atom. The zero-order valence-corrected chi connectivity index (χ0v) is 16.3. The Morgan fingerprint density at radius 3 is 2.64 bits per heavy atom. The van der Waals surface area contributed by atoms with Crippen molar-refractivity contribution in [1.82, 2.24) is 19.4 Å². The summed E-state index contributed by atoms with van der Waals surface area (Å²) in [6.45, 7) is 6.63. The highest BCUT2D eigenvalue weighted by Gasteiger charge is 2.35. The molecule has 1 N–H and O–H groups in total. The molecule has 2 fully saturated rings. The van der Waals surface area contributed by atoms with Crippen LogP contribution in [0.15, 0.2) is 35.3 Å². The molecular weight excluding hydrogens is 352 g/mol. The molecule has 0 aliphatic carbocycles. The molecule has 5 rings (SSSR count). The molecule has 0 spiro atoms. The second kappa shape index (κ2) is 7.33. The smallest absolute Gasteiger partial charge is 0.255 e. The van der Waals surface area contributed by atoms with Gasteiger partial charge in [0.1, 0.15) is 5.75 Å². The van der Waals surface area contributed by atoms with Gasteiger partial charge in [-0.1, -0.05) is 6.07 Å². The van der Waals surface area contributed by atoms with Crippen LogP contribution in [0.4, 0.5) is 0 Å². The van der Waals surface area contributed by atoms with Gasteiger partial charge in [0, 0.05) is 49.9 Å². The van der Waals surface area contributed by atoms with Gasteiger partial charge >= 0.3 is 0 Å². The average Bonchev–Trinajstić information content (AvgIpc) is 3.19. The van der Waals surface area contributed by atoms with Gasteiger partial charge in [-0.25, -0.2) is 0 Å². The van der Waals surface area contributed by atoms with Crippen LogP contribution < -0.4 is 5.56 Å². The van der Waals surface area contributed by atoms with Gasteiger partial charge in [0.25, 0.3) is 5.56 Å². The fraction of sp³-hybridized carbons (Fsp3) is 0.545. The molecule has 6 nitrogen and oxygen atoms in total. The minimum atomic E-state index is 0.206. The Balaban J connectivity index is 1.34. The number of aromatic nitrogens is 2. The van der Waals surface area contributed by atoms with Crippen molar-refractivity contribution in [3.8, 4) is 5.75 Å². The average molecular weight is 380 g/mol. The Bertz CT molecular complexity index is 902. The second-order valence-corrected chi connectivity index (χ2v) is 8.68. The van der Waals surface area contributed by atoms with Crippen LogP contribution in [0.2, 0.25) is 0 Å². The van der Waals surface area contributed by atoms with Crippen molar-refractivity contribution in [3.05, 3.63) is 57.8 Å². The zero-order chi connectivity index (χ0) is 19.1. The van der Waals surface area contributed by atoms with Crippen molar-refractivity contribution >= 4 is 0 Å². The van der Waals surface area contributed by atoms with Gasteiger partial charge < -0.3 is 9.67 Å². The highest BCUT2D eigenvalue weighted by atomic mass is 16.3. The third kappa shape index (κ3) is 3.47. The summed E-state index contributed by atoms with van der Waals surface area (Å²) >= 11 is 0. The van der Waals surface area contributed by atoms with Crippen molar-refractivity contribution in [2.45, 2.75) is 44.8 Å². The van der Waals surface area contributed by atoms with E-state index in [1.54, 1.807) is 6.07 Å². The standard InChI is InChI=1S/C22H28N4O2/c27-20-5-4-19(23-10-20)15-25-11-16-9-18(14-25)21-6-3-17(22(28)26(21)12-16)13-24-7-1-2-8-24/h3-6,10,16,18,27H,1-2,7-9,11-15H2/t16-,18+/m0/s1. The Kier molecular flexibility index (Phi) is 4.69. The van der Waals surface area contributed by atoms with Crippen LogP contribution in [0.25, 0.3) is 0 Å². The largest absolute Gasteiger partial charge is 0.506 e. The zero-order valence-electron chi connectivity index (χ0n) is 16.3. The maximum absolute atomic E-state index is 13.1. The highest BCUT2D eigenvalue weighted by Crippen LogP contribution is 2.35. The van der Waals surface area contributed by atoms with E-state index in [4.69, 9.17) is 0 Å². The van der Waals surface area contributed by atoms with Crippen molar-refractivity contribution < 1.29 is 5.11 Å². The third-order valence-corrected chi connectivity index (χ3v) is 6.55. The molecule has 2 aromatic heterocycles. The summed E-state index contributed by atoms with van der Waals surface area (Å²) in [6.07, 6.45) is 5.19. The number of nitrogens with zero attached hydrogens (tertiary/aromatic N) is 4. The first kappa shape index (κ1) is 17.9. The fourth-order valence-electron chi connectivity index (χ4n) is 5.26. The summed E-state index contributed by atoms with van der Waals surface area (Å²) in [5, 5.41) is 9.43. The number of aromatic hydroxyl groups is 1. The van der Waals surface area contributed by atoms with Crippen LogP contribution in [-0.4, -0.2) is 50.6 Å². The van der Waals surface area contributed by atoms with Crippen LogP contribution in [0, 0.1) is 5.92 Å². The van der Waals surface area contributed by atoms with E-state index < -0.39 is 0 Å². The van der Waals surface area contributed by atoms with Gasteiger partial charge in [0.05, 0.1) is 11.9 Å². The molecule has 3 aliphatic heterocycles. The van der Waals surface area contributed by atoms with Gasteiger partial charge in [-0.05, 0) is 56.5 Å². The molecule has 0 unspecified atom stereocenters. The Labute approximate surface area is 165 Å². The van der Waals surface area contributed by atoms with E-state index in [1.807, 2.05) is 6.07 Å². The molecule has 6 heteroatoms. The normalized spacial score (nSPS) is 25.0. The Hall–Kier alpha value is -2.18. The maximum Gasteiger partial charge on any atom is 0.255 e. The number of rotatable bonds is 4. The predicted molar refractivity (Wildman–Crippen MR) is 107 cm³/mol. The van der Waals surface area contributed by atoms with E-state index in [1.165, 1.54) is 31.2 Å². The minimum absolute atomic E-state index is 0.206. The molecule has 2 atom stereocenters. The van der Waals surface area contributed by atoms with Crippen molar-refractivity contribution in [2.75, 3.05) is 26.2 Å². The highest BCUT2D eigenvalue weighted by molar-refractivity contribution is 5.23. The molecule has 5 heterocycles. The predicted octanol–water partition coefficient (Wildman–Crippen LogP) is 2.16. The summed E-state index contributed by atoms with van der Waals surface area (Å²) in [6, 6.07) is 7.87. The monoisotopic (exact) mass is 380 g/mol. The lowest BCUT2D eigenvalue weighted by molar-refractivity contribution is 0.113. The van der Waals surface area contributed by atoms with Crippen molar-refractivity contribution in [2.24, 2.45) is 5.92 Å².